The average Bonchev–Trinajstić information content (AvgIpc) is 2.79. The van der Waals surface area contributed by atoms with Crippen LogP contribution in [0.2, 0.25) is 0 Å². The smallest absolute Gasteiger partial charge is 0.307 e. The number of carbonyl (C=O) groups is 2. The molecule has 0 aliphatic heterocycles. The maximum atomic E-state index is 12.4. The van der Waals surface area contributed by atoms with Crippen LogP contribution in [0, 0.1) is 0 Å². The molecule has 0 saturated carbocycles. The number of rotatable bonds is 11. The molecule has 0 aliphatic rings. The van der Waals surface area contributed by atoms with E-state index in [0.717, 1.165) is 18.2 Å². The van der Waals surface area contributed by atoms with Crippen LogP contribution in [0.4, 0.5) is 0 Å². The van der Waals surface area contributed by atoms with Gasteiger partial charge in [-0.15, -0.1) is 0 Å². The quantitative estimate of drug-likeness (QED) is 0.386. The fourth-order valence-electron chi connectivity index (χ4n) is 3.23. The van der Waals surface area contributed by atoms with Gasteiger partial charge in [-0.05, 0) is 47.9 Å². The number of amides is 1. The van der Waals surface area contributed by atoms with Gasteiger partial charge in [-0.3, -0.25) is 9.59 Å². The maximum absolute atomic E-state index is 12.4. The lowest BCUT2D eigenvalue weighted by atomic mass is 10.1. The molecule has 34 heavy (non-hydrogen) atoms. The minimum Gasteiger partial charge on any atom is -0.481 e. The SMILES string of the molecule is CS(=O)(=O)NCc1cc(CC(=O)O)ccc1Oc1ccc(C(=O)NCCc2ccccc2)cc1. The molecule has 3 rings (SSSR count). The van der Waals surface area contributed by atoms with Gasteiger partial charge in [-0.25, -0.2) is 13.1 Å². The van der Waals surface area contributed by atoms with Crippen LogP contribution < -0.4 is 14.8 Å². The summed E-state index contributed by atoms with van der Waals surface area (Å²) in [4.78, 5) is 23.4. The lowest BCUT2D eigenvalue weighted by molar-refractivity contribution is -0.136. The Morgan fingerprint density at radius 2 is 1.65 bits per heavy atom. The molecule has 0 heterocycles. The largest absolute Gasteiger partial charge is 0.481 e. The summed E-state index contributed by atoms with van der Waals surface area (Å²) in [6.07, 6.45) is 1.58. The molecule has 178 valence electrons. The molecule has 0 saturated heterocycles. The van der Waals surface area contributed by atoms with E-state index in [1.165, 1.54) is 0 Å². The summed E-state index contributed by atoms with van der Waals surface area (Å²) >= 11 is 0. The van der Waals surface area contributed by atoms with E-state index in [9.17, 15) is 18.0 Å². The molecule has 0 fully saturated rings. The molecule has 3 aromatic carbocycles. The van der Waals surface area contributed by atoms with Gasteiger partial charge in [0.15, 0.2) is 0 Å². The van der Waals surface area contributed by atoms with Crippen molar-refractivity contribution >= 4 is 21.9 Å². The first kappa shape index (κ1) is 24.9. The highest BCUT2D eigenvalue weighted by Crippen LogP contribution is 2.27. The normalized spacial score (nSPS) is 11.1. The Bertz CT molecular complexity index is 1240. The van der Waals surface area contributed by atoms with E-state index in [1.54, 1.807) is 42.5 Å². The third-order valence-corrected chi connectivity index (χ3v) is 5.56. The highest BCUT2D eigenvalue weighted by Gasteiger charge is 2.12. The molecule has 0 radical (unpaired) electrons. The van der Waals surface area contributed by atoms with Crippen LogP contribution in [0.5, 0.6) is 11.5 Å². The Morgan fingerprint density at radius 1 is 0.941 bits per heavy atom. The topological polar surface area (TPSA) is 122 Å². The van der Waals surface area contributed by atoms with E-state index < -0.39 is 16.0 Å². The fraction of sp³-hybridized carbons (Fsp3) is 0.200. The highest BCUT2D eigenvalue weighted by molar-refractivity contribution is 7.88. The van der Waals surface area contributed by atoms with Gasteiger partial charge >= 0.3 is 5.97 Å². The molecule has 0 aliphatic carbocycles. The van der Waals surface area contributed by atoms with Crippen LogP contribution in [0.3, 0.4) is 0 Å². The molecular formula is C25H26N2O6S. The van der Waals surface area contributed by atoms with Crippen LogP contribution in [0.1, 0.15) is 27.0 Å². The zero-order valence-corrected chi connectivity index (χ0v) is 19.5. The van der Waals surface area contributed by atoms with Gasteiger partial charge in [0.1, 0.15) is 11.5 Å². The zero-order chi connectivity index (χ0) is 24.6. The van der Waals surface area contributed by atoms with Crippen LogP contribution in [0.15, 0.2) is 72.8 Å². The lowest BCUT2D eigenvalue weighted by Gasteiger charge is -2.13. The number of benzene rings is 3. The first-order valence-corrected chi connectivity index (χ1v) is 12.5. The second-order valence-electron chi connectivity index (χ2n) is 7.72. The summed E-state index contributed by atoms with van der Waals surface area (Å²) in [5, 5.41) is 11.9. The van der Waals surface area contributed by atoms with E-state index in [2.05, 4.69) is 10.0 Å². The van der Waals surface area contributed by atoms with Crippen molar-refractivity contribution in [2.45, 2.75) is 19.4 Å². The molecule has 8 nitrogen and oxygen atoms in total. The van der Waals surface area contributed by atoms with Crippen molar-refractivity contribution in [1.82, 2.24) is 10.0 Å². The molecule has 3 aromatic rings. The van der Waals surface area contributed by atoms with E-state index >= 15 is 0 Å². The van der Waals surface area contributed by atoms with Gasteiger partial charge in [0.25, 0.3) is 5.91 Å². The van der Waals surface area contributed by atoms with Gasteiger partial charge in [-0.1, -0.05) is 42.5 Å². The van der Waals surface area contributed by atoms with E-state index in [1.807, 2.05) is 30.3 Å². The highest BCUT2D eigenvalue weighted by atomic mass is 32.2. The summed E-state index contributed by atoms with van der Waals surface area (Å²) in [6, 6.07) is 21.2. The summed E-state index contributed by atoms with van der Waals surface area (Å²) in [7, 11) is -3.45. The predicted octanol–water partition coefficient (Wildman–Crippen LogP) is 3.13. The molecule has 3 N–H and O–H groups in total. The van der Waals surface area contributed by atoms with Crippen molar-refractivity contribution in [3.8, 4) is 11.5 Å². The van der Waals surface area contributed by atoms with Gasteiger partial charge in [0.2, 0.25) is 10.0 Å². The number of sulfonamides is 1. The standard InChI is InChI=1S/C25H26N2O6S/c1-34(31,32)27-17-21-15-19(16-24(28)29)7-12-23(21)33-22-10-8-20(9-11-22)25(30)26-14-13-18-5-3-2-4-6-18/h2-12,15,27H,13-14,16-17H2,1H3,(H,26,30)(H,28,29). The van der Waals surface area contributed by atoms with E-state index in [4.69, 9.17) is 9.84 Å². The fourth-order valence-corrected chi connectivity index (χ4v) is 3.65. The third-order valence-electron chi connectivity index (χ3n) is 4.89. The van der Waals surface area contributed by atoms with E-state index in [0.29, 0.717) is 34.7 Å². The number of hydrogen-bond acceptors (Lipinski definition) is 5. The molecule has 0 unspecified atom stereocenters. The van der Waals surface area contributed by atoms with Crippen LogP contribution in [0.25, 0.3) is 0 Å². The third kappa shape index (κ3) is 8.02. The first-order chi connectivity index (χ1) is 16.2. The minimum absolute atomic E-state index is 0.0521. The second kappa shape index (κ2) is 11.4. The van der Waals surface area contributed by atoms with Crippen molar-refractivity contribution in [1.29, 1.82) is 0 Å². The lowest BCUT2D eigenvalue weighted by Crippen LogP contribution is -2.25. The van der Waals surface area contributed by atoms with Crippen LogP contribution in [-0.4, -0.2) is 38.2 Å². The monoisotopic (exact) mass is 482 g/mol. The average molecular weight is 483 g/mol. The van der Waals surface area contributed by atoms with Crippen LogP contribution >= 0.6 is 0 Å². The maximum Gasteiger partial charge on any atom is 0.307 e. The summed E-state index contributed by atoms with van der Waals surface area (Å²) in [5.41, 5.74) is 2.64. The Balaban J connectivity index is 1.66. The Morgan fingerprint density at radius 3 is 2.29 bits per heavy atom. The Labute approximate surface area is 198 Å². The summed E-state index contributed by atoms with van der Waals surface area (Å²) in [6.45, 7) is 0.462. The number of nitrogens with one attached hydrogen (secondary N) is 2. The Kier molecular flexibility index (Phi) is 8.39. The number of carboxylic acid groups (broad SMARTS) is 1. The number of carboxylic acids is 1. The molecule has 1 amide bonds. The minimum atomic E-state index is -3.45. The molecule has 9 heteroatoms. The van der Waals surface area contributed by atoms with Gasteiger partial charge < -0.3 is 15.2 Å². The Hall–Kier alpha value is -3.69. The number of hydrogen-bond donors (Lipinski definition) is 3. The van der Waals surface area contributed by atoms with Gasteiger partial charge in [-0.2, -0.15) is 0 Å². The van der Waals surface area contributed by atoms with Gasteiger partial charge in [0.05, 0.1) is 12.7 Å². The molecule has 0 bridgehead atoms. The molecule has 0 aromatic heterocycles. The summed E-state index contributed by atoms with van der Waals surface area (Å²) < 4.78 is 31.3. The van der Waals surface area contributed by atoms with Crippen molar-refractivity contribution in [2.75, 3.05) is 12.8 Å². The number of ether oxygens (including phenoxy) is 1. The van der Waals surface area contributed by atoms with Crippen LogP contribution in [-0.2, 0) is 34.2 Å². The van der Waals surface area contributed by atoms with Crippen molar-refractivity contribution < 1.29 is 27.9 Å². The predicted molar refractivity (Wildman–Crippen MR) is 128 cm³/mol. The van der Waals surface area contributed by atoms with Gasteiger partial charge in [0, 0.05) is 24.2 Å². The van der Waals surface area contributed by atoms with Crippen molar-refractivity contribution in [3.63, 3.8) is 0 Å². The van der Waals surface area contributed by atoms with E-state index in [-0.39, 0.29) is 18.9 Å². The molecular weight excluding hydrogens is 456 g/mol. The number of aliphatic carboxylic acids is 1. The number of carbonyl (C=O) groups excluding carboxylic acids is 1. The zero-order valence-electron chi connectivity index (χ0n) is 18.7. The summed E-state index contributed by atoms with van der Waals surface area (Å²) in [5.74, 6) is -0.357. The first-order valence-electron chi connectivity index (χ1n) is 10.6. The van der Waals surface area contributed by atoms with Crippen molar-refractivity contribution in [3.05, 3.63) is 95.1 Å². The second-order valence-corrected chi connectivity index (χ2v) is 9.56. The molecule has 0 spiro atoms. The molecule has 0 atom stereocenters. The van der Waals surface area contributed by atoms with Crippen molar-refractivity contribution in [2.24, 2.45) is 0 Å².